The minimum atomic E-state index is -0.538. The molecule has 1 aromatic heterocycles. The molecule has 1 fully saturated rings. The number of benzene rings is 1. The van der Waals surface area contributed by atoms with Gasteiger partial charge < -0.3 is 10.2 Å². The summed E-state index contributed by atoms with van der Waals surface area (Å²) >= 11 is 1.25. The fraction of sp³-hybridized carbons (Fsp3) is 0.368. The maximum Gasteiger partial charge on any atom is 0.321 e. The highest BCUT2D eigenvalue weighted by Gasteiger charge is 2.22. The van der Waals surface area contributed by atoms with Crippen LogP contribution in [0, 0.1) is 0 Å². The van der Waals surface area contributed by atoms with Crippen LogP contribution in [0.15, 0.2) is 48.1 Å². The number of thioether (sulfide) groups is 1. The number of carbonyl (C=O) groups is 2. The van der Waals surface area contributed by atoms with Crippen LogP contribution in [0.2, 0.25) is 0 Å². The van der Waals surface area contributed by atoms with Crippen LogP contribution in [0.3, 0.4) is 0 Å². The molecule has 8 nitrogen and oxygen atoms in total. The fourth-order valence-corrected chi connectivity index (χ4v) is 3.71. The van der Waals surface area contributed by atoms with Gasteiger partial charge in [0.1, 0.15) is 0 Å². The smallest absolute Gasteiger partial charge is 0.321 e. The molecule has 1 aromatic carbocycles. The lowest BCUT2D eigenvalue weighted by Crippen LogP contribution is -2.40. The normalized spacial score (nSPS) is 13.8. The summed E-state index contributed by atoms with van der Waals surface area (Å²) in [5.74, 6) is 0.457. The molecule has 0 aliphatic carbocycles. The van der Waals surface area contributed by atoms with E-state index in [1.807, 2.05) is 34.9 Å². The van der Waals surface area contributed by atoms with Crippen molar-refractivity contribution in [3.8, 4) is 5.69 Å². The van der Waals surface area contributed by atoms with Crippen molar-refractivity contribution in [2.45, 2.75) is 24.4 Å². The Morgan fingerprint density at radius 3 is 2.61 bits per heavy atom. The summed E-state index contributed by atoms with van der Waals surface area (Å²) in [6.07, 6.45) is 5.04. The second-order valence-corrected chi connectivity index (χ2v) is 7.28. The summed E-state index contributed by atoms with van der Waals surface area (Å²) in [7, 11) is 0. The van der Waals surface area contributed by atoms with Gasteiger partial charge in [0, 0.05) is 19.6 Å². The Bertz CT molecular complexity index is 817. The Morgan fingerprint density at radius 1 is 1.14 bits per heavy atom. The van der Waals surface area contributed by atoms with Gasteiger partial charge in [0.05, 0.1) is 11.4 Å². The number of aromatic nitrogens is 3. The zero-order chi connectivity index (χ0) is 19.8. The Balaban J connectivity index is 1.73. The molecule has 1 saturated heterocycles. The van der Waals surface area contributed by atoms with Crippen molar-refractivity contribution < 1.29 is 9.59 Å². The summed E-state index contributed by atoms with van der Waals surface area (Å²) in [6, 6.07) is 9.31. The number of nitrogens with zero attached hydrogens (tertiary/aromatic N) is 4. The van der Waals surface area contributed by atoms with E-state index in [1.54, 1.807) is 6.08 Å². The first kappa shape index (κ1) is 19.9. The monoisotopic (exact) mass is 400 g/mol. The zero-order valence-corrected chi connectivity index (χ0v) is 16.5. The molecule has 0 spiro atoms. The molecule has 9 heteroatoms. The van der Waals surface area contributed by atoms with Crippen molar-refractivity contribution >= 4 is 29.6 Å². The van der Waals surface area contributed by atoms with Crippen LogP contribution >= 0.6 is 11.8 Å². The Labute approximate surface area is 168 Å². The molecule has 3 rings (SSSR count). The highest BCUT2D eigenvalue weighted by Crippen LogP contribution is 2.28. The van der Waals surface area contributed by atoms with E-state index < -0.39 is 11.9 Å². The molecule has 148 valence electrons. The molecule has 1 aliphatic heterocycles. The molecule has 2 heterocycles. The van der Waals surface area contributed by atoms with Crippen LogP contribution in [-0.4, -0.2) is 52.1 Å². The molecule has 2 N–H and O–H groups in total. The Kier molecular flexibility index (Phi) is 7.07. The van der Waals surface area contributed by atoms with Crippen molar-refractivity contribution in [3.63, 3.8) is 0 Å². The highest BCUT2D eigenvalue weighted by atomic mass is 32.2. The molecule has 1 aliphatic rings. The predicted octanol–water partition coefficient (Wildman–Crippen LogP) is 2.36. The van der Waals surface area contributed by atoms with E-state index >= 15 is 0 Å². The molecule has 0 radical (unpaired) electrons. The SMILES string of the molecule is C=CCNC(=O)NC(=O)CSc1nnc(N2CCCCC2)n1-c1ccccc1. The zero-order valence-electron chi connectivity index (χ0n) is 15.6. The summed E-state index contributed by atoms with van der Waals surface area (Å²) in [6.45, 7) is 5.70. The number of piperidine rings is 1. The largest absolute Gasteiger partial charge is 0.341 e. The van der Waals surface area contributed by atoms with Crippen LogP contribution in [0.4, 0.5) is 10.7 Å². The quantitative estimate of drug-likeness (QED) is 0.548. The second kappa shape index (κ2) is 9.93. The number of anilines is 1. The van der Waals surface area contributed by atoms with E-state index in [0.717, 1.165) is 37.6 Å². The average molecular weight is 401 g/mol. The van der Waals surface area contributed by atoms with Crippen molar-refractivity contribution in [1.29, 1.82) is 0 Å². The van der Waals surface area contributed by atoms with Crippen LogP contribution in [0.1, 0.15) is 19.3 Å². The van der Waals surface area contributed by atoms with E-state index in [4.69, 9.17) is 0 Å². The molecule has 3 amide bonds. The van der Waals surface area contributed by atoms with Crippen molar-refractivity contribution in [3.05, 3.63) is 43.0 Å². The molecular weight excluding hydrogens is 376 g/mol. The Morgan fingerprint density at radius 2 is 1.89 bits per heavy atom. The van der Waals surface area contributed by atoms with Crippen LogP contribution in [0.5, 0.6) is 0 Å². The number of imide groups is 1. The summed E-state index contributed by atoms with van der Waals surface area (Å²) in [5, 5.41) is 14.1. The van der Waals surface area contributed by atoms with Gasteiger partial charge in [-0.05, 0) is 31.4 Å². The van der Waals surface area contributed by atoms with Gasteiger partial charge in [0.2, 0.25) is 11.9 Å². The van der Waals surface area contributed by atoms with Gasteiger partial charge in [-0.2, -0.15) is 0 Å². The number of carbonyl (C=O) groups excluding carboxylic acids is 2. The lowest BCUT2D eigenvalue weighted by Gasteiger charge is -2.27. The third-order valence-electron chi connectivity index (χ3n) is 4.26. The maximum absolute atomic E-state index is 12.1. The molecule has 28 heavy (non-hydrogen) atoms. The summed E-state index contributed by atoms with van der Waals surface area (Å²) < 4.78 is 1.97. The van der Waals surface area contributed by atoms with Crippen molar-refractivity contribution in [2.24, 2.45) is 0 Å². The molecular formula is C19H24N6O2S. The molecule has 0 bridgehead atoms. The van der Waals surface area contributed by atoms with Gasteiger partial charge in [-0.15, -0.1) is 16.8 Å². The molecule has 0 saturated carbocycles. The second-order valence-electron chi connectivity index (χ2n) is 6.34. The van der Waals surface area contributed by atoms with Gasteiger partial charge in [-0.25, -0.2) is 4.79 Å². The van der Waals surface area contributed by atoms with Gasteiger partial charge in [-0.1, -0.05) is 36.0 Å². The summed E-state index contributed by atoms with van der Waals surface area (Å²) in [4.78, 5) is 25.9. The lowest BCUT2D eigenvalue weighted by molar-refractivity contribution is -0.117. The first-order valence-corrected chi connectivity index (χ1v) is 10.2. The number of para-hydroxylation sites is 1. The molecule has 0 unspecified atom stereocenters. The third-order valence-corrected chi connectivity index (χ3v) is 5.19. The number of hydrogen-bond acceptors (Lipinski definition) is 6. The minimum absolute atomic E-state index is 0.0620. The maximum atomic E-state index is 12.1. The fourth-order valence-electron chi connectivity index (χ4n) is 2.96. The topological polar surface area (TPSA) is 92.2 Å². The Hall–Kier alpha value is -2.81. The summed E-state index contributed by atoms with van der Waals surface area (Å²) in [5.41, 5.74) is 0.944. The van der Waals surface area contributed by atoms with Gasteiger partial charge >= 0.3 is 6.03 Å². The first-order chi connectivity index (χ1) is 13.7. The van der Waals surface area contributed by atoms with E-state index in [9.17, 15) is 9.59 Å². The van der Waals surface area contributed by atoms with Crippen LogP contribution in [-0.2, 0) is 4.79 Å². The van der Waals surface area contributed by atoms with Gasteiger partial charge in [-0.3, -0.25) is 14.7 Å². The van der Waals surface area contributed by atoms with Gasteiger partial charge in [0.25, 0.3) is 0 Å². The average Bonchev–Trinajstić information content (AvgIpc) is 3.16. The van der Waals surface area contributed by atoms with E-state index in [1.165, 1.54) is 18.2 Å². The van der Waals surface area contributed by atoms with Crippen molar-refractivity contribution in [2.75, 3.05) is 30.3 Å². The van der Waals surface area contributed by atoms with Crippen LogP contribution < -0.4 is 15.5 Å². The lowest BCUT2D eigenvalue weighted by atomic mass is 10.1. The van der Waals surface area contributed by atoms with E-state index in [-0.39, 0.29) is 5.75 Å². The minimum Gasteiger partial charge on any atom is -0.341 e. The number of amides is 3. The standard InChI is InChI=1S/C19H24N6O2S/c1-2-11-20-17(27)21-16(26)14-28-19-23-22-18(24-12-7-4-8-13-24)25(19)15-9-5-3-6-10-15/h2-3,5-6,9-10H,1,4,7-8,11-14H2,(H2,20,21,26,27). The third kappa shape index (κ3) is 5.13. The number of hydrogen-bond donors (Lipinski definition) is 2. The van der Waals surface area contributed by atoms with E-state index in [0.29, 0.717) is 11.7 Å². The van der Waals surface area contributed by atoms with Crippen LogP contribution in [0.25, 0.3) is 5.69 Å². The van der Waals surface area contributed by atoms with E-state index in [2.05, 4.69) is 32.3 Å². The predicted molar refractivity (Wildman–Crippen MR) is 110 cm³/mol. The van der Waals surface area contributed by atoms with Gasteiger partial charge in [0.15, 0.2) is 5.16 Å². The van der Waals surface area contributed by atoms with Crippen molar-refractivity contribution in [1.82, 2.24) is 25.4 Å². The number of urea groups is 1. The number of nitrogens with one attached hydrogen (secondary N) is 2. The molecule has 0 atom stereocenters. The first-order valence-electron chi connectivity index (χ1n) is 9.26. The highest BCUT2D eigenvalue weighted by molar-refractivity contribution is 7.99. The molecule has 2 aromatic rings. The number of rotatable bonds is 7.